The highest BCUT2D eigenvalue weighted by Gasteiger charge is 2.21. The summed E-state index contributed by atoms with van der Waals surface area (Å²) in [5.74, 6) is 0.397. The van der Waals surface area contributed by atoms with Gasteiger partial charge in [-0.15, -0.1) is 17.9 Å². The van der Waals surface area contributed by atoms with Crippen LogP contribution in [-0.4, -0.2) is 35.2 Å². The number of nitrogen functional groups attached to an aromatic ring is 1. The fourth-order valence-corrected chi connectivity index (χ4v) is 5.59. The average molecular weight is 603 g/mol. The predicted molar refractivity (Wildman–Crippen MR) is 160 cm³/mol. The van der Waals surface area contributed by atoms with Crippen molar-refractivity contribution in [2.45, 2.75) is 16.8 Å². The molecule has 4 N–H and O–H groups in total. The van der Waals surface area contributed by atoms with Crippen LogP contribution >= 0.6 is 34.7 Å². The van der Waals surface area contributed by atoms with Crippen molar-refractivity contribution >= 4 is 46.5 Å². The van der Waals surface area contributed by atoms with Crippen LogP contribution in [0.3, 0.4) is 0 Å². The third-order valence-electron chi connectivity index (χ3n) is 5.68. The fourth-order valence-electron chi connectivity index (χ4n) is 3.64. The number of carbonyl (C=O) groups excluding carboxylic acids is 1. The molecule has 2 heterocycles. The Labute approximate surface area is 250 Å². The minimum Gasteiger partial charge on any atom is -0.490 e. The van der Waals surface area contributed by atoms with Crippen molar-refractivity contribution in [3.8, 4) is 39.6 Å². The Morgan fingerprint density at radius 2 is 1.76 bits per heavy atom. The molecule has 1 atom stereocenters. The molecule has 0 radical (unpaired) electrons. The van der Waals surface area contributed by atoms with E-state index in [4.69, 9.17) is 32.5 Å². The van der Waals surface area contributed by atoms with Crippen molar-refractivity contribution in [3.63, 3.8) is 0 Å². The largest absolute Gasteiger partial charge is 0.490 e. The molecule has 4 aromatic rings. The first kappa shape index (κ1) is 29.6. The Bertz CT molecular complexity index is 1640. The number of thiazole rings is 1. The van der Waals surface area contributed by atoms with E-state index in [2.05, 4.69) is 28.7 Å². The Kier molecular flexibility index (Phi) is 9.95. The molecule has 4 rings (SSSR count). The van der Waals surface area contributed by atoms with Crippen molar-refractivity contribution < 1.29 is 14.3 Å². The number of hydrogen-bond acceptors (Lipinski definition) is 11. The first-order chi connectivity index (χ1) is 19.8. The third kappa shape index (κ3) is 7.23. The van der Waals surface area contributed by atoms with Gasteiger partial charge in [0.15, 0.2) is 0 Å². The molecule has 0 fully saturated rings. The highest BCUT2D eigenvalue weighted by molar-refractivity contribution is 7.98. The fraction of sp³-hybridized carbons (Fsp3) is 0.138. The molecule has 0 aliphatic carbocycles. The number of thioether (sulfide) groups is 1. The zero-order valence-electron chi connectivity index (χ0n) is 21.5. The molecule has 12 heteroatoms. The standard InChI is InChI=1S/C29H23ClN6O3S2/c1-2-24(33)29(37)39-12-11-38-21-9-5-17(6-10-21)25-22(13-31)26(34)36-28(23(25)14-32)41-16-20-15-40-27(35-20)18-3-7-19(30)8-4-18/h2-10,15,24H,1,11-12,16,33H2,(H2,34,36)/t24-/m1/s1. The number of halogens is 1. The van der Waals surface area contributed by atoms with Crippen molar-refractivity contribution in [2.24, 2.45) is 5.73 Å². The number of hydrogen-bond donors (Lipinski definition) is 2. The molecule has 0 spiro atoms. The number of aromatic nitrogens is 2. The summed E-state index contributed by atoms with van der Waals surface area (Å²) in [5, 5.41) is 23.8. The van der Waals surface area contributed by atoms with E-state index in [0.717, 1.165) is 16.3 Å². The van der Waals surface area contributed by atoms with Gasteiger partial charge in [0.25, 0.3) is 0 Å². The summed E-state index contributed by atoms with van der Waals surface area (Å²) in [5.41, 5.74) is 14.8. The van der Waals surface area contributed by atoms with Gasteiger partial charge in [0, 0.05) is 27.3 Å². The Balaban J connectivity index is 1.50. The number of nitrogens with zero attached hydrogens (tertiary/aromatic N) is 4. The van der Waals surface area contributed by atoms with Crippen molar-refractivity contribution in [1.29, 1.82) is 10.5 Å². The molecule has 9 nitrogen and oxygen atoms in total. The van der Waals surface area contributed by atoms with Gasteiger partial charge in [0.2, 0.25) is 0 Å². The number of ether oxygens (including phenoxy) is 2. The molecule has 0 unspecified atom stereocenters. The van der Waals surface area contributed by atoms with Crippen LogP contribution < -0.4 is 16.2 Å². The second-order valence-electron chi connectivity index (χ2n) is 8.39. The topological polar surface area (TPSA) is 161 Å². The maximum atomic E-state index is 11.6. The molecule has 41 heavy (non-hydrogen) atoms. The monoisotopic (exact) mass is 602 g/mol. The lowest BCUT2D eigenvalue weighted by Crippen LogP contribution is -2.30. The molecule has 0 bridgehead atoms. The number of nitriles is 2. The molecular weight excluding hydrogens is 580 g/mol. The first-order valence-corrected chi connectivity index (χ1v) is 14.3. The maximum Gasteiger partial charge on any atom is 0.327 e. The van der Waals surface area contributed by atoms with Gasteiger partial charge >= 0.3 is 5.97 Å². The second kappa shape index (κ2) is 13.8. The van der Waals surface area contributed by atoms with Gasteiger partial charge in [-0.1, -0.05) is 53.7 Å². The van der Waals surface area contributed by atoms with Crippen LogP contribution in [0.1, 0.15) is 16.8 Å². The molecule has 0 amide bonds. The third-order valence-corrected chi connectivity index (χ3v) is 7.88. The quantitative estimate of drug-likeness (QED) is 0.0959. The van der Waals surface area contributed by atoms with Crippen LogP contribution in [0.2, 0.25) is 5.02 Å². The summed E-state index contributed by atoms with van der Waals surface area (Å²) >= 11 is 8.81. The van der Waals surface area contributed by atoms with Gasteiger partial charge in [-0.3, -0.25) is 4.79 Å². The van der Waals surface area contributed by atoms with Crippen molar-refractivity contribution in [2.75, 3.05) is 18.9 Å². The Morgan fingerprint density at radius 3 is 2.41 bits per heavy atom. The summed E-state index contributed by atoms with van der Waals surface area (Å²) in [6, 6.07) is 17.7. The van der Waals surface area contributed by atoms with Crippen molar-refractivity contribution in [1.82, 2.24) is 9.97 Å². The Morgan fingerprint density at radius 1 is 1.07 bits per heavy atom. The van der Waals surface area contributed by atoms with Crippen LogP contribution in [0.25, 0.3) is 21.7 Å². The highest BCUT2D eigenvalue weighted by atomic mass is 35.5. The summed E-state index contributed by atoms with van der Waals surface area (Å²) < 4.78 is 10.6. The lowest BCUT2D eigenvalue weighted by Gasteiger charge is -2.13. The molecule has 0 saturated carbocycles. The Hall–Kier alpha value is -4.39. The minimum absolute atomic E-state index is 0.0148. The van der Waals surface area contributed by atoms with Crippen molar-refractivity contribution in [3.05, 3.63) is 88.4 Å². The molecule has 0 aliphatic rings. The second-order valence-corrected chi connectivity index (χ2v) is 10.7. The van der Waals surface area contributed by atoms with E-state index in [9.17, 15) is 15.3 Å². The van der Waals surface area contributed by atoms with Gasteiger partial charge in [0.1, 0.15) is 58.6 Å². The molecule has 2 aromatic heterocycles. The molecule has 0 aliphatic heterocycles. The molecular formula is C29H23ClN6O3S2. The van der Waals surface area contributed by atoms with E-state index >= 15 is 0 Å². The number of esters is 1. The normalized spacial score (nSPS) is 11.2. The summed E-state index contributed by atoms with van der Waals surface area (Å²) in [6.07, 6.45) is 1.29. The van der Waals surface area contributed by atoms with E-state index in [1.165, 1.54) is 29.2 Å². The zero-order chi connectivity index (χ0) is 29.4. The number of benzene rings is 2. The van der Waals surface area contributed by atoms with Crippen LogP contribution in [-0.2, 0) is 15.3 Å². The number of pyridine rings is 1. The van der Waals surface area contributed by atoms with Gasteiger partial charge < -0.3 is 20.9 Å². The summed E-state index contributed by atoms with van der Waals surface area (Å²) in [4.78, 5) is 20.7. The van der Waals surface area contributed by atoms with E-state index < -0.39 is 12.0 Å². The van der Waals surface area contributed by atoms with Crippen LogP contribution in [0.5, 0.6) is 5.75 Å². The SMILES string of the molecule is C=C[C@@H](N)C(=O)OCCOc1ccc(-c2c(C#N)c(N)nc(SCc3csc(-c4ccc(Cl)cc4)n3)c2C#N)cc1. The number of nitrogens with two attached hydrogens (primary N) is 2. The number of rotatable bonds is 11. The van der Waals surface area contributed by atoms with E-state index in [1.807, 2.05) is 29.6 Å². The van der Waals surface area contributed by atoms with Gasteiger partial charge in [0.05, 0.1) is 11.3 Å². The van der Waals surface area contributed by atoms with E-state index in [-0.39, 0.29) is 30.2 Å². The number of anilines is 1. The van der Waals surface area contributed by atoms with Crippen LogP contribution in [0.4, 0.5) is 5.82 Å². The van der Waals surface area contributed by atoms with Gasteiger partial charge in [-0.25, -0.2) is 9.97 Å². The van der Waals surface area contributed by atoms with E-state index in [0.29, 0.717) is 32.7 Å². The number of carbonyl (C=O) groups is 1. The zero-order valence-corrected chi connectivity index (χ0v) is 23.9. The lowest BCUT2D eigenvalue weighted by atomic mass is 9.97. The lowest BCUT2D eigenvalue weighted by molar-refractivity contribution is -0.144. The van der Waals surface area contributed by atoms with Gasteiger partial charge in [-0.05, 0) is 29.8 Å². The average Bonchev–Trinajstić information content (AvgIpc) is 3.47. The van der Waals surface area contributed by atoms with Crippen LogP contribution in [0, 0.1) is 22.7 Å². The smallest absolute Gasteiger partial charge is 0.327 e. The summed E-state index contributed by atoms with van der Waals surface area (Å²) in [6.45, 7) is 3.57. The molecule has 0 saturated heterocycles. The molecule has 2 aromatic carbocycles. The highest BCUT2D eigenvalue weighted by Crippen LogP contribution is 2.37. The first-order valence-electron chi connectivity index (χ1n) is 12.1. The summed E-state index contributed by atoms with van der Waals surface area (Å²) in [7, 11) is 0. The van der Waals surface area contributed by atoms with Gasteiger partial charge in [-0.2, -0.15) is 10.5 Å². The van der Waals surface area contributed by atoms with E-state index in [1.54, 1.807) is 24.3 Å². The predicted octanol–water partition coefficient (Wildman–Crippen LogP) is 5.58. The maximum absolute atomic E-state index is 11.6. The minimum atomic E-state index is -0.887. The van der Waals surface area contributed by atoms with Crippen LogP contribution in [0.15, 0.2) is 71.6 Å². The molecule has 206 valence electrons.